The van der Waals surface area contributed by atoms with Crippen molar-refractivity contribution in [1.29, 1.82) is 0 Å². The molecule has 0 aliphatic carbocycles. The number of ether oxygens (including phenoxy) is 1. The molecular formula is C15H23NO3. The van der Waals surface area contributed by atoms with Gasteiger partial charge in [0.2, 0.25) is 0 Å². The fraction of sp³-hybridized carbons (Fsp3) is 0.667. The second-order valence-electron chi connectivity index (χ2n) is 6.17. The van der Waals surface area contributed by atoms with Crippen molar-refractivity contribution in [2.75, 3.05) is 6.54 Å². The van der Waals surface area contributed by atoms with Crippen LogP contribution in [0.15, 0.2) is 16.5 Å². The predicted octanol–water partition coefficient (Wildman–Crippen LogP) is 2.89. The highest BCUT2D eigenvalue weighted by atomic mass is 16.6. The summed E-state index contributed by atoms with van der Waals surface area (Å²) in [5.41, 5.74) is -0.424. The number of carbonyl (C=O) groups excluding carboxylic acids is 1. The molecule has 106 valence electrons. The lowest BCUT2D eigenvalue weighted by Gasteiger charge is -2.26. The van der Waals surface area contributed by atoms with E-state index in [4.69, 9.17) is 9.15 Å². The van der Waals surface area contributed by atoms with E-state index in [-0.39, 0.29) is 12.0 Å². The minimum Gasteiger partial charge on any atom is -0.465 e. The van der Waals surface area contributed by atoms with Crippen LogP contribution in [0.2, 0.25) is 0 Å². The number of furan rings is 1. The van der Waals surface area contributed by atoms with E-state index in [0.717, 1.165) is 30.9 Å². The van der Waals surface area contributed by atoms with Crippen molar-refractivity contribution in [3.05, 3.63) is 23.7 Å². The van der Waals surface area contributed by atoms with Crippen molar-refractivity contribution in [2.24, 2.45) is 0 Å². The first-order chi connectivity index (χ1) is 8.85. The summed E-state index contributed by atoms with van der Waals surface area (Å²) in [5, 5.41) is 0. The van der Waals surface area contributed by atoms with Crippen molar-refractivity contribution in [1.82, 2.24) is 4.90 Å². The van der Waals surface area contributed by atoms with Crippen molar-refractivity contribution in [2.45, 2.75) is 58.7 Å². The topological polar surface area (TPSA) is 42.7 Å². The molecule has 4 heteroatoms. The first-order valence-electron chi connectivity index (χ1n) is 6.87. The molecule has 0 amide bonds. The molecule has 1 aliphatic rings. The highest BCUT2D eigenvalue weighted by Crippen LogP contribution is 2.23. The Labute approximate surface area is 114 Å². The third kappa shape index (κ3) is 3.83. The van der Waals surface area contributed by atoms with Crippen LogP contribution >= 0.6 is 0 Å². The third-order valence-corrected chi connectivity index (χ3v) is 3.20. The molecule has 0 saturated carbocycles. The first kappa shape index (κ1) is 14.1. The summed E-state index contributed by atoms with van der Waals surface area (Å²) < 4.78 is 11.1. The van der Waals surface area contributed by atoms with Gasteiger partial charge in [-0.1, -0.05) is 0 Å². The van der Waals surface area contributed by atoms with Crippen LogP contribution in [0.5, 0.6) is 0 Å². The van der Waals surface area contributed by atoms with E-state index in [1.807, 2.05) is 39.8 Å². The van der Waals surface area contributed by atoms with Crippen molar-refractivity contribution >= 4 is 5.97 Å². The summed E-state index contributed by atoms with van der Waals surface area (Å²) >= 11 is 0. The zero-order chi connectivity index (χ0) is 14.0. The van der Waals surface area contributed by atoms with Gasteiger partial charge in [-0.05, 0) is 59.2 Å². The molecule has 2 rings (SSSR count). The van der Waals surface area contributed by atoms with Crippen LogP contribution in [0, 0.1) is 6.92 Å². The molecule has 4 nitrogen and oxygen atoms in total. The molecule has 0 spiro atoms. The summed E-state index contributed by atoms with van der Waals surface area (Å²) in [6, 6.07) is 3.79. The number of nitrogens with zero attached hydrogens (tertiary/aromatic N) is 1. The molecule has 1 atom stereocenters. The molecule has 0 aromatic carbocycles. The maximum atomic E-state index is 12.2. The van der Waals surface area contributed by atoms with Gasteiger partial charge in [-0.2, -0.15) is 0 Å². The zero-order valence-electron chi connectivity index (χ0n) is 12.2. The van der Waals surface area contributed by atoms with Gasteiger partial charge in [0.15, 0.2) is 0 Å². The van der Waals surface area contributed by atoms with Gasteiger partial charge in [-0.25, -0.2) is 0 Å². The lowest BCUT2D eigenvalue weighted by atomic mass is 10.1. The number of aryl methyl sites for hydroxylation is 1. The Balaban J connectivity index is 1.98. The number of hydrogen-bond donors (Lipinski definition) is 0. The number of rotatable bonds is 3. The van der Waals surface area contributed by atoms with Crippen LogP contribution in [0.25, 0.3) is 0 Å². The van der Waals surface area contributed by atoms with Crippen LogP contribution in [-0.4, -0.2) is 29.1 Å². The Kier molecular flexibility index (Phi) is 3.99. The van der Waals surface area contributed by atoms with Gasteiger partial charge in [0.1, 0.15) is 23.2 Å². The minimum absolute atomic E-state index is 0.117. The Morgan fingerprint density at radius 1 is 1.47 bits per heavy atom. The van der Waals surface area contributed by atoms with Crippen LogP contribution in [0.3, 0.4) is 0 Å². The minimum atomic E-state index is -0.424. The van der Waals surface area contributed by atoms with E-state index in [2.05, 4.69) is 4.90 Å². The quantitative estimate of drug-likeness (QED) is 0.788. The molecule has 1 fully saturated rings. The Hall–Kier alpha value is -1.29. The maximum absolute atomic E-state index is 12.2. The van der Waals surface area contributed by atoms with E-state index in [1.54, 1.807) is 0 Å². The van der Waals surface area contributed by atoms with E-state index >= 15 is 0 Å². The van der Waals surface area contributed by atoms with Crippen LogP contribution in [-0.2, 0) is 16.1 Å². The first-order valence-corrected chi connectivity index (χ1v) is 6.87. The number of carbonyl (C=O) groups is 1. The number of hydrogen-bond acceptors (Lipinski definition) is 4. The third-order valence-electron chi connectivity index (χ3n) is 3.20. The second-order valence-corrected chi connectivity index (χ2v) is 6.17. The molecule has 1 aliphatic heterocycles. The SMILES string of the molecule is Cc1ccc(CN2CCC[C@H]2C(=O)OC(C)(C)C)o1. The monoisotopic (exact) mass is 265 g/mol. The van der Waals surface area contributed by atoms with E-state index < -0.39 is 5.60 Å². The van der Waals surface area contributed by atoms with Gasteiger partial charge in [-0.3, -0.25) is 9.69 Å². The molecule has 0 radical (unpaired) electrons. The predicted molar refractivity (Wildman–Crippen MR) is 72.7 cm³/mol. The molecule has 2 heterocycles. The average molecular weight is 265 g/mol. The highest BCUT2D eigenvalue weighted by Gasteiger charge is 2.34. The number of esters is 1. The van der Waals surface area contributed by atoms with Gasteiger partial charge in [0, 0.05) is 0 Å². The molecule has 1 aromatic heterocycles. The Morgan fingerprint density at radius 3 is 2.79 bits per heavy atom. The fourth-order valence-electron chi connectivity index (χ4n) is 2.42. The van der Waals surface area contributed by atoms with Gasteiger partial charge in [-0.15, -0.1) is 0 Å². The van der Waals surface area contributed by atoms with Gasteiger partial charge >= 0.3 is 5.97 Å². The van der Waals surface area contributed by atoms with E-state index in [0.29, 0.717) is 6.54 Å². The maximum Gasteiger partial charge on any atom is 0.323 e. The molecule has 19 heavy (non-hydrogen) atoms. The fourth-order valence-corrected chi connectivity index (χ4v) is 2.42. The Morgan fingerprint density at radius 2 is 2.21 bits per heavy atom. The lowest BCUT2D eigenvalue weighted by molar-refractivity contribution is -0.160. The number of likely N-dealkylation sites (tertiary alicyclic amines) is 1. The smallest absolute Gasteiger partial charge is 0.323 e. The lowest BCUT2D eigenvalue weighted by Crippen LogP contribution is -2.40. The standard InChI is InChI=1S/C15H23NO3/c1-11-7-8-12(18-11)10-16-9-5-6-13(16)14(17)19-15(2,3)4/h7-8,13H,5-6,9-10H2,1-4H3/t13-/m0/s1. The van der Waals surface area contributed by atoms with Crippen molar-refractivity contribution in [3.63, 3.8) is 0 Å². The molecular weight excluding hydrogens is 242 g/mol. The van der Waals surface area contributed by atoms with Crippen LogP contribution in [0.1, 0.15) is 45.1 Å². The molecule has 0 N–H and O–H groups in total. The molecule has 0 bridgehead atoms. The summed E-state index contributed by atoms with van der Waals surface area (Å²) in [7, 11) is 0. The zero-order valence-corrected chi connectivity index (χ0v) is 12.2. The van der Waals surface area contributed by atoms with Crippen molar-refractivity contribution in [3.8, 4) is 0 Å². The van der Waals surface area contributed by atoms with Gasteiger partial charge in [0.25, 0.3) is 0 Å². The molecule has 1 saturated heterocycles. The summed E-state index contributed by atoms with van der Waals surface area (Å²) in [6.07, 6.45) is 1.90. The van der Waals surface area contributed by atoms with Gasteiger partial charge in [0.05, 0.1) is 6.54 Å². The normalized spacial score (nSPS) is 20.7. The summed E-state index contributed by atoms with van der Waals surface area (Å²) in [5.74, 6) is 1.70. The highest BCUT2D eigenvalue weighted by molar-refractivity contribution is 5.76. The van der Waals surface area contributed by atoms with E-state index in [9.17, 15) is 4.79 Å². The van der Waals surface area contributed by atoms with Gasteiger partial charge < -0.3 is 9.15 Å². The van der Waals surface area contributed by atoms with E-state index in [1.165, 1.54) is 0 Å². The summed E-state index contributed by atoms with van der Waals surface area (Å²) in [4.78, 5) is 14.3. The molecule has 0 unspecified atom stereocenters. The second kappa shape index (κ2) is 5.37. The molecule has 1 aromatic rings. The van der Waals surface area contributed by atoms with Crippen LogP contribution in [0.4, 0.5) is 0 Å². The van der Waals surface area contributed by atoms with Crippen molar-refractivity contribution < 1.29 is 13.9 Å². The largest absolute Gasteiger partial charge is 0.465 e. The average Bonchev–Trinajstić information content (AvgIpc) is 2.86. The van der Waals surface area contributed by atoms with Crippen LogP contribution < -0.4 is 0 Å². The summed E-state index contributed by atoms with van der Waals surface area (Å²) in [6.45, 7) is 9.24. The Bertz CT molecular complexity index is 444.